The zero-order valence-electron chi connectivity index (χ0n) is 11.5. The van der Waals surface area contributed by atoms with E-state index >= 15 is 0 Å². The predicted octanol–water partition coefficient (Wildman–Crippen LogP) is 3.53. The average molecular weight is 475 g/mol. The minimum absolute atomic E-state index is 0.0835. The monoisotopic (exact) mass is 474 g/mol. The van der Waals surface area contributed by atoms with Gasteiger partial charge in [-0.25, -0.2) is 5.43 Å². The number of halogens is 2. The Hall–Kier alpha value is -1.61. The Kier molecular flexibility index (Phi) is 5.78. The largest absolute Gasteiger partial charge is 0.507 e. The minimum atomic E-state index is -0.341. The first-order valence-corrected chi connectivity index (χ1v) is 8.04. The van der Waals surface area contributed by atoms with Crippen molar-refractivity contribution in [3.05, 3.63) is 55.6 Å². The Labute approximate surface area is 149 Å². The second-order valence-corrected chi connectivity index (χ2v) is 6.33. The summed E-state index contributed by atoms with van der Waals surface area (Å²) in [7, 11) is 1.58. The number of carbonyl (C=O) groups excluding carboxylic acids is 1. The second kappa shape index (κ2) is 7.59. The minimum Gasteiger partial charge on any atom is -0.507 e. The molecule has 0 aromatic heterocycles. The Morgan fingerprint density at radius 3 is 2.82 bits per heavy atom. The summed E-state index contributed by atoms with van der Waals surface area (Å²) >= 11 is 5.40. The van der Waals surface area contributed by atoms with Crippen molar-refractivity contribution < 1.29 is 14.6 Å². The van der Waals surface area contributed by atoms with E-state index in [0.717, 1.165) is 8.04 Å². The van der Waals surface area contributed by atoms with Gasteiger partial charge < -0.3 is 9.84 Å². The number of carbonyl (C=O) groups is 1. The SMILES string of the molecule is COc1ccc(C(=O)N/N=C/c2cc(Br)ccc2O)cc1I. The molecule has 0 bridgehead atoms. The third-order valence-electron chi connectivity index (χ3n) is 2.77. The summed E-state index contributed by atoms with van der Waals surface area (Å²) in [6.45, 7) is 0. The average Bonchev–Trinajstić information content (AvgIpc) is 2.50. The van der Waals surface area contributed by atoms with Crippen LogP contribution in [0.5, 0.6) is 11.5 Å². The van der Waals surface area contributed by atoms with E-state index in [1.54, 1.807) is 43.5 Å². The van der Waals surface area contributed by atoms with Crippen LogP contribution in [0.1, 0.15) is 15.9 Å². The molecule has 0 saturated heterocycles. The second-order valence-electron chi connectivity index (χ2n) is 4.25. The molecule has 0 saturated carbocycles. The number of benzene rings is 2. The van der Waals surface area contributed by atoms with Gasteiger partial charge in [0.1, 0.15) is 11.5 Å². The summed E-state index contributed by atoms with van der Waals surface area (Å²) in [5.74, 6) is 0.450. The fraction of sp³-hybridized carbons (Fsp3) is 0.0667. The number of phenolic OH excluding ortho intramolecular Hbond substituents is 1. The van der Waals surface area contributed by atoms with Crippen LogP contribution in [0.25, 0.3) is 0 Å². The lowest BCUT2D eigenvalue weighted by molar-refractivity contribution is 0.0955. The molecular formula is C15H12BrIN2O3. The fourth-order valence-corrected chi connectivity index (χ4v) is 2.78. The van der Waals surface area contributed by atoms with Crippen molar-refractivity contribution in [2.75, 3.05) is 7.11 Å². The molecule has 5 nitrogen and oxygen atoms in total. The van der Waals surface area contributed by atoms with Gasteiger partial charge in [0.15, 0.2) is 0 Å². The maximum absolute atomic E-state index is 12.0. The number of hydrogen-bond donors (Lipinski definition) is 2. The number of aromatic hydroxyl groups is 1. The van der Waals surface area contributed by atoms with E-state index in [-0.39, 0.29) is 11.7 Å². The molecule has 2 rings (SSSR count). The molecule has 0 aliphatic rings. The van der Waals surface area contributed by atoms with E-state index in [2.05, 4.69) is 49.0 Å². The highest BCUT2D eigenvalue weighted by molar-refractivity contribution is 14.1. The van der Waals surface area contributed by atoms with Crippen LogP contribution in [-0.4, -0.2) is 24.3 Å². The van der Waals surface area contributed by atoms with Crippen LogP contribution < -0.4 is 10.2 Å². The van der Waals surface area contributed by atoms with E-state index in [0.29, 0.717) is 16.9 Å². The number of hydrazone groups is 1. The topological polar surface area (TPSA) is 70.9 Å². The highest BCUT2D eigenvalue weighted by Gasteiger charge is 2.08. The van der Waals surface area contributed by atoms with Crippen LogP contribution in [0.3, 0.4) is 0 Å². The van der Waals surface area contributed by atoms with Gasteiger partial charge in [-0.15, -0.1) is 0 Å². The maximum atomic E-state index is 12.0. The summed E-state index contributed by atoms with van der Waals surface area (Å²) in [4.78, 5) is 12.0. The number of rotatable bonds is 4. The summed E-state index contributed by atoms with van der Waals surface area (Å²) in [5.41, 5.74) is 3.39. The number of hydrogen-bond acceptors (Lipinski definition) is 4. The normalized spacial score (nSPS) is 10.7. The Balaban J connectivity index is 2.08. The number of nitrogens with one attached hydrogen (secondary N) is 1. The predicted molar refractivity (Wildman–Crippen MR) is 96.6 cm³/mol. The van der Waals surface area contributed by atoms with Gasteiger partial charge >= 0.3 is 0 Å². The molecule has 0 fully saturated rings. The molecule has 22 heavy (non-hydrogen) atoms. The Morgan fingerprint density at radius 2 is 2.14 bits per heavy atom. The van der Waals surface area contributed by atoms with Crippen molar-refractivity contribution >= 4 is 50.6 Å². The molecule has 0 aliphatic heterocycles. The third kappa shape index (κ3) is 4.20. The number of methoxy groups -OCH3 is 1. The van der Waals surface area contributed by atoms with Crippen molar-refractivity contribution in [3.63, 3.8) is 0 Å². The van der Waals surface area contributed by atoms with E-state index in [4.69, 9.17) is 4.74 Å². The fourth-order valence-electron chi connectivity index (χ4n) is 1.66. The van der Waals surface area contributed by atoms with Crippen LogP contribution in [0.2, 0.25) is 0 Å². The van der Waals surface area contributed by atoms with Crippen molar-refractivity contribution in [1.82, 2.24) is 5.43 Å². The molecule has 0 spiro atoms. The number of nitrogens with zero attached hydrogens (tertiary/aromatic N) is 1. The molecule has 0 atom stereocenters. The number of phenols is 1. The van der Waals surface area contributed by atoms with Crippen LogP contribution in [-0.2, 0) is 0 Å². The third-order valence-corrected chi connectivity index (χ3v) is 4.11. The molecule has 0 radical (unpaired) electrons. The highest BCUT2D eigenvalue weighted by atomic mass is 127. The molecule has 2 N–H and O–H groups in total. The van der Waals surface area contributed by atoms with E-state index in [1.165, 1.54) is 6.21 Å². The first-order valence-electron chi connectivity index (χ1n) is 6.16. The zero-order valence-corrected chi connectivity index (χ0v) is 15.3. The van der Waals surface area contributed by atoms with Gasteiger partial charge in [-0.05, 0) is 59.0 Å². The van der Waals surface area contributed by atoms with Gasteiger partial charge in [0.2, 0.25) is 0 Å². The van der Waals surface area contributed by atoms with Crippen LogP contribution in [0.15, 0.2) is 46.0 Å². The van der Waals surface area contributed by atoms with Crippen molar-refractivity contribution in [2.24, 2.45) is 5.10 Å². The van der Waals surface area contributed by atoms with Gasteiger partial charge in [0, 0.05) is 15.6 Å². The van der Waals surface area contributed by atoms with Crippen molar-refractivity contribution in [1.29, 1.82) is 0 Å². The van der Waals surface area contributed by atoms with Crippen LogP contribution >= 0.6 is 38.5 Å². The first kappa shape index (κ1) is 16.8. The molecule has 114 valence electrons. The lowest BCUT2D eigenvalue weighted by Gasteiger charge is -2.05. The molecule has 2 aromatic carbocycles. The van der Waals surface area contributed by atoms with E-state index in [1.807, 2.05) is 0 Å². The maximum Gasteiger partial charge on any atom is 0.271 e. The van der Waals surface area contributed by atoms with Gasteiger partial charge in [-0.3, -0.25) is 4.79 Å². The summed E-state index contributed by atoms with van der Waals surface area (Å²) < 4.78 is 6.78. The Morgan fingerprint density at radius 1 is 1.36 bits per heavy atom. The molecular weight excluding hydrogens is 463 g/mol. The summed E-state index contributed by atoms with van der Waals surface area (Å²) in [6, 6.07) is 10.0. The zero-order chi connectivity index (χ0) is 16.1. The van der Waals surface area contributed by atoms with Crippen LogP contribution in [0, 0.1) is 3.57 Å². The van der Waals surface area contributed by atoms with Gasteiger partial charge in [0.05, 0.1) is 16.9 Å². The lowest BCUT2D eigenvalue weighted by Crippen LogP contribution is -2.17. The first-order chi connectivity index (χ1) is 10.5. The highest BCUT2D eigenvalue weighted by Crippen LogP contribution is 2.22. The van der Waals surface area contributed by atoms with Gasteiger partial charge in [-0.2, -0.15) is 5.10 Å². The smallest absolute Gasteiger partial charge is 0.271 e. The molecule has 0 unspecified atom stereocenters. The molecule has 0 aliphatic carbocycles. The Bertz CT molecular complexity index is 735. The van der Waals surface area contributed by atoms with E-state index in [9.17, 15) is 9.90 Å². The molecule has 2 aromatic rings. The molecule has 7 heteroatoms. The standard InChI is InChI=1S/C15H12BrIN2O3/c1-22-14-5-2-9(7-12(14)17)15(21)19-18-8-10-6-11(16)3-4-13(10)20/h2-8,20H,1H3,(H,19,21)/b18-8+. The van der Waals surface area contributed by atoms with Crippen molar-refractivity contribution in [2.45, 2.75) is 0 Å². The number of ether oxygens (including phenoxy) is 1. The summed E-state index contributed by atoms with van der Waals surface area (Å²) in [6.07, 6.45) is 1.38. The van der Waals surface area contributed by atoms with E-state index < -0.39 is 0 Å². The molecule has 1 amide bonds. The van der Waals surface area contributed by atoms with Crippen LogP contribution in [0.4, 0.5) is 0 Å². The summed E-state index contributed by atoms with van der Waals surface area (Å²) in [5, 5.41) is 13.5. The van der Waals surface area contributed by atoms with Gasteiger partial charge in [0.25, 0.3) is 5.91 Å². The van der Waals surface area contributed by atoms with Gasteiger partial charge in [-0.1, -0.05) is 15.9 Å². The molecule has 0 heterocycles. The lowest BCUT2D eigenvalue weighted by atomic mass is 10.2. The number of amides is 1. The van der Waals surface area contributed by atoms with Crippen molar-refractivity contribution in [3.8, 4) is 11.5 Å². The quantitative estimate of drug-likeness (QED) is 0.404.